The van der Waals surface area contributed by atoms with Crippen LogP contribution in [0.4, 0.5) is 4.79 Å². The van der Waals surface area contributed by atoms with E-state index in [1.807, 2.05) is 6.92 Å². The van der Waals surface area contributed by atoms with E-state index in [4.69, 9.17) is 9.26 Å². The van der Waals surface area contributed by atoms with Crippen LogP contribution in [0.5, 0.6) is 0 Å². The Morgan fingerprint density at radius 2 is 1.96 bits per heavy atom. The van der Waals surface area contributed by atoms with Crippen LogP contribution in [-0.2, 0) is 16.0 Å². The van der Waals surface area contributed by atoms with Gasteiger partial charge < -0.3 is 14.6 Å². The topological polar surface area (TPSA) is 111 Å². The molecule has 0 unspecified atom stereocenters. The lowest BCUT2D eigenvalue weighted by molar-refractivity contribution is -0.127. The smallest absolute Gasteiger partial charge is 0.344 e. The molecule has 0 aliphatic heterocycles. The van der Waals surface area contributed by atoms with Gasteiger partial charge in [0.1, 0.15) is 11.3 Å². The fourth-order valence-electron chi connectivity index (χ4n) is 2.88. The molecule has 1 aromatic rings. The van der Waals surface area contributed by atoms with Crippen LogP contribution in [0.25, 0.3) is 0 Å². The lowest BCUT2D eigenvalue weighted by atomic mass is 9.96. The number of esters is 1. The Morgan fingerprint density at radius 3 is 2.60 bits per heavy atom. The molecule has 0 radical (unpaired) electrons. The molecular weight excluding hydrogens is 326 g/mol. The fraction of sp³-hybridized carbons (Fsp3) is 0.647. The van der Waals surface area contributed by atoms with Gasteiger partial charge in [-0.15, -0.1) is 0 Å². The van der Waals surface area contributed by atoms with Crippen molar-refractivity contribution in [2.75, 3.05) is 0 Å². The molecule has 3 amide bonds. The van der Waals surface area contributed by atoms with Crippen molar-refractivity contribution in [3.05, 3.63) is 17.0 Å². The highest BCUT2D eigenvalue weighted by atomic mass is 16.5. The van der Waals surface area contributed by atoms with Crippen molar-refractivity contribution in [1.82, 2.24) is 15.8 Å². The molecule has 0 bridgehead atoms. The van der Waals surface area contributed by atoms with Crippen molar-refractivity contribution in [1.29, 1.82) is 0 Å². The largest absolute Gasteiger partial charge is 0.449 e. The summed E-state index contributed by atoms with van der Waals surface area (Å²) in [5.41, 5.74) is 0.707. The molecule has 2 N–H and O–H groups in total. The first-order chi connectivity index (χ1) is 11.9. The lowest BCUT2D eigenvalue weighted by Gasteiger charge is -2.23. The van der Waals surface area contributed by atoms with E-state index in [0.717, 1.165) is 25.7 Å². The van der Waals surface area contributed by atoms with Crippen molar-refractivity contribution in [2.45, 2.75) is 71.4 Å². The van der Waals surface area contributed by atoms with Crippen LogP contribution in [0.3, 0.4) is 0 Å². The van der Waals surface area contributed by atoms with Crippen LogP contribution < -0.4 is 10.6 Å². The number of carbonyl (C=O) groups is 3. The lowest BCUT2D eigenvalue weighted by Crippen LogP contribution is -2.48. The van der Waals surface area contributed by atoms with Crippen LogP contribution in [-0.4, -0.2) is 35.2 Å². The number of nitrogens with one attached hydrogen (secondary N) is 2. The van der Waals surface area contributed by atoms with Crippen LogP contribution in [0.2, 0.25) is 0 Å². The van der Waals surface area contributed by atoms with Crippen LogP contribution >= 0.6 is 0 Å². The van der Waals surface area contributed by atoms with Gasteiger partial charge in [0.2, 0.25) is 0 Å². The third-order valence-electron chi connectivity index (χ3n) is 4.30. The number of aromatic nitrogens is 1. The van der Waals surface area contributed by atoms with E-state index >= 15 is 0 Å². The zero-order chi connectivity index (χ0) is 18.4. The quantitative estimate of drug-likeness (QED) is 0.787. The second-order valence-corrected chi connectivity index (χ2v) is 6.26. The van der Waals surface area contributed by atoms with E-state index in [-0.39, 0.29) is 11.6 Å². The first-order valence-corrected chi connectivity index (χ1v) is 8.69. The van der Waals surface area contributed by atoms with Crippen molar-refractivity contribution in [3.8, 4) is 0 Å². The Bertz CT molecular complexity index is 634. The summed E-state index contributed by atoms with van der Waals surface area (Å²) in [6.45, 7) is 4.85. The Kier molecular flexibility index (Phi) is 6.55. The first-order valence-electron chi connectivity index (χ1n) is 8.69. The van der Waals surface area contributed by atoms with E-state index in [1.165, 1.54) is 13.3 Å². The molecule has 1 aromatic heterocycles. The number of nitrogens with zero attached hydrogens (tertiary/aromatic N) is 1. The molecule has 0 aromatic carbocycles. The summed E-state index contributed by atoms with van der Waals surface area (Å²) in [6.07, 6.45) is 4.55. The number of hydrogen-bond acceptors (Lipinski definition) is 6. The van der Waals surface area contributed by atoms with Gasteiger partial charge in [-0.3, -0.25) is 10.1 Å². The molecule has 0 saturated heterocycles. The molecule has 1 fully saturated rings. The Morgan fingerprint density at radius 1 is 1.28 bits per heavy atom. The van der Waals surface area contributed by atoms with Crippen LogP contribution in [0.15, 0.2) is 4.52 Å². The predicted molar refractivity (Wildman–Crippen MR) is 89.0 cm³/mol. The summed E-state index contributed by atoms with van der Waals surface area (Å²) in [7, 11) is 0. The zero-order valence-corrected chi connectivity index (χ0v) is 14.9. The standard InChI is InChI=1S/C17H25N3O5/c1-4-13-14(10(2)25-20-13)16(22)24-11(3)15(21)19-17(23)18-12-8-6-5-7-9-12/h11-12H,4-9H2,1-3H3,(H2,18,19,21,23)/t11-/m0/s1. The maximum Gasteiger partial charge on any atom is 0.344 e. The number of aryl methyl sites for hydroxylation is 2. The van der Waals surface area contributed by atoms with Crippen molar-refractivity contribution < 1.29 is 23.6 Å². The number of hydrogen-bond donors (Lipinski definition) is 2. The number of amides is 3. The van der Waals surface area contributed by atoms with E-state index in [0.29, 0.717) is 17.9 Å². The van der Waals surface area contributed by atoms with Crippen LogP contribution in [0.1, 0.15) is 67.8 Å². The van der Waals surface area contributed by atoms with Gasteiger partial charge >= 0.3 is 12.0 Å². The molecule has 8 nitrogen and oxygen atoms in total. The fourth-order valence-corrected chi connectivity index (χ4v) is 2.88. The van der Waals surface area contributed by atoms with Crippen molar-refractivity contribution >= 4 is 17.9 Å². The highest BCUT2D eigenvalue weighted by Gasteiger charge is 2.26. The molecule has 1 atom stereocenters. The number of rotatable bonds is 5. The molecule has 1 aliphatic carbocycles. The Hall–Kier alpha value is -2.38. The minimum atomic E-state index is -1.11. The summed E-state index contributed by atoms with van der Waals surface area (Å²) in [5.74, 6) is -1.02. The summed E-state index contributed by atoms with van der Waals surface area (Å²) >= 11 is 0. The SMILES string of the molecule is CCc1noc(C)c1C(=O)O[C@@H](C)C(=O)NC(=O)NC1CCCCC1. The predicted octanol–water partition coefficient (Wildman–Crippen LogP) is 2.25. The van der Waals surface area contributed by atoms with E-state index in [2.05, 4.69) is 15.8 Å². The van der Waals surface area contributed by atoms with Gasteiger partial charge in [-0.1, -0.05) is 31.3 Å². The molecule has 0 spiro atoms. The zero-order valence-electron chi connectivity index (χ0n) is 14.9. The average molecular weight is 351 g/mol. The Labute approximate surface area is 146 Å². The third kappa shape index (κ3) is 5.04. The summed E-state index contributed by atoms with van der Waals surface area (Å²) in [4.78, 5) is 36.2. The molecule has 1 saturated carbocycles. The number of carbonyl (C=O) groups excluding carboxylic acids is 3. The highest BCUT2D eigenvalue weighted by Crippen LogP contribution is 2.17. The van der Waals surface area contributed by atoms with Gasteiger partial charge in [-0.05, 0) is 33.1 Å². The number of imide groups is 1. The first kappa shape index (κ1) is 19.0. The van der Waals surface area contributed by atoms with Gasteiger partial charge in [0.25, 0.3) is 5.91 Å². The molecule has 1 heterocycles. The van der Waals surface area contributed by atoms with Gasteiger partial charge in [0.05, 0.1) is 5.69 Å². The summed E-state index contributed by atoms with van der Waals surface area (Å²) < 4.78 is 10.1. The number of ether oxygens (including phenoxy) is 1. The molecule has 138 valence electrons. The van der Waals surface area contributed by atoms with Crippen molar-refractivity contribution in [2.24, 2.45) is 0 Å². The van der Waals surface area contributed by atoms with Crippen molar-refractivity contribution in [3.63, 3.8) is 0 Å². The molecule has 1 aliphatic rings. The second kappa shape index (κ2) is 8.64. The maximum atomic E-state index is 12.2. The normalized spacial score (nSPS) is 16.1. The second-order valence-electron chi connectivity index (χ2n) is 6.26. The van der Waals surface area contributed by atoms with Gasteiger partial charge in [-0.2, -0.15) is 0 Å². The maximum absolute atomic E-state index is 12.2. The molecule has 2 rings (SSSR count). The van der Waals surface area contributed by atoms with E-state index in [1.54, 1.807) is 6.92 Å². The monoisotopic (exact) mass is 351 g/mol. The molecule has 25 heavy (non-hydrogen) atoms. The minimum Gasteiger partial charge on any atom is -0.449 e. The third-order valence-corrected chi connectivity index (χ3v) is 4.30. The molecule has 8 heteroatoms. The summed E-state index contributed by atoms with van der Waals surface area (Å²) in [5, 5.41) is 8.77. The number of urea groups is 1. The summed E-state index contributed by atoms with van der Waals surface area (Å²) in [6, 6.07) is -0.471. The van der Waals surface area contributed by atoms with E-state index in [9.17, 15) is 14.4 Å². The highest BCUT2D eigenvalue weighted by molar-refractivity contribution is 5.99. The van der Waals surface area contributed by atoms with Gasteiger partial charge in [0.15, 0.2) is 6.10 Å². The Balaban J connectivity index is 1.85. The molecular formula is C17H25N3O5. The van der Waals surface area contributed by atoms with Gasteiger partial charge in [-0.25, -0.2) is 9.59 Å². The van der Waals surface area contributed by atoms with Crippen LogP contribution in [0, 0.1) is 6.92 Å². The minimum absolute atomic E-state index is 0.0890. The average Bonchev–Trinajstić information content (AvgIpc) is 2.96. The van der Waals surface area contributed by atoms with Gasteiger partial charge in [0, 0.05) is 6.04 Å². The van der Waals surface area contributed by atoms with E-state index < -0.39 is 24.0 Å².